The van der Waals surface area contributed by atoms with Gasteiger partial charge in [-0.2, -0.15) is 0 Å². The first-order chi connectivity index (χ1) is 14.1. The first-order valence-corrected chi connectivity index (χ1v) is 11.3. The number of hydrogen-bond donors (Lipinski definition) is 3. The van der Waals surface area contributed by atoms with E-state index >= 15 is 0 Å². The fourth-order valence-electron chi connectivity index (χ4n) is 4.64. The number of hydrazine groups is 1. The second kappa shape index (κ2) is 7.55. The van der Waals surface area contributed by atoms with Crippen molar-refractivity contribution in [3.8, 4) is 11.3 Å². The number of nitrogens with zero attached hydrogens (tertiary/aromatic N) is 2. The zero-order valence-corrected chi connectivity index (χ0v) is 17.7. The van der Waals surface area contributed by atoms with Crippen molar-refractivity contribution >= 4 is 17.2 Å². The van der Waals surface area contributed by atoms with Gasteiger partial charge in [-0.3, -0.25) is 9.80 Å². The van der Waals surface area contributed by atoms with Crippen molar-refractivity contribution in [3.63, 3.8) is 0 Å². The van der Waals surface area contributed by atoms with Crippen LogP contribution in [0.5, 0.6) is 0 Å². The highest BCUT2D eigenvalue weighted by Crippen LogP contribution is 2.37. The van der Waals surface area contributed by atoms with E-state index in [2.05, 4.69) is 58.5 Å². The Morgan fingerprint density at radius 3 is 2.86 bits per heavy atom. The molecule has 3 aliphatic rings. The molecular formula is C22H27N5OS. The van der Waals surface area contributed by atoms with Gasteiger partial charge in [0, 0.05) is 35.2 Å². The van der Waals surface area contributed by atoms with E-state index in [9.17, 15) is 4.79 Å². The van der Waals surface area contributed by atoms with E-state index in [-0.39, 0.29) is 18.0 Å². The second-order valence-electron chi connectivity index (χ2n) is 8.27. The van der Waals surface area contributed by atoms with Crippen LogP contribution >= 0.6 is 11.3 Å². The molecule has 5 rings (SSSR count). The van der Waals surface area contributed by atoms with Crippen molar-refractivity contribution in [1.29, 1.82) is 0 Å². The van der Waals surface area contributed by atoms with Crippen molar-refractivity contribution in [3.05, 3.63) is 51.5 Å². The van der Waals surface area contributed by atoms with Crippen LogP contribution in [0.4, 0.5) is 0 Å². The van der Waals surface area contributed by atoms with Crippen LogP contribution in [0, 0.1) is 19.8 Å². The third-order valence-corrected chi connectivity index (χ3v) is 7.23. The Bertz CT molecular complexity index is 962. The number of aromatic nitrogens is 1. The molecule has 4 heterocycles. The van der Waals surface area contributed by atoms with E-state index in [1.54, 1.807) is 17.4 Å². The SMILES string of the molecule is Cc1ccc(C)c(-c2csc(C3CNN4C(C5CCNCC5)=CC(=O)NC34)n2)c1. The standard InChI is InChI=1S/C22H27N5OS/c1-13-3-4-14(2)16(9-13)18-12-29-22(25-18)17-11-24-27-19(10-20(28)26-21(17)27)15-5-7-23-8-6-15/h3-4,9-10,12,15,17,21,23-24H,5-8,11H2,1-2H3,(H,26,28). The summed E-state index contributed by atoms with van der Waals surface area (Å²) < 4.78 is 0. The third-order valence-electron chi connectivity index (χ3n) is 6.25. The lowest BCUT2D eigenvalue weighted by atomic mass is 9.92. The number of thiazole rings is 1. The number of amides is 1. The summed E-state index contributed by atoms with van der Waals surface area (Å²) in [7, 11) is 0. The first kappa shape index (κ1) is 18.8. The highest BCUT2D eigenvalue weighted by Gasteiger charge is 2.43. The average Bonchev–Trinajstić information content (AvgIpc) is 3.37. The van der Waals surface area contributed by atoms with Gasteiger partial charge in [0.05, 0.1) is 11.6 Å². The predicted molar refractivity (Wildman–Crippen MR) is 115 cm³/mol. The lowest BCUT2D eigenvalue weighted by Gasteiger charge is -2.38. The number of nitrogens with one attached hydrogen (secondary N) is 3. The molecule has 6 nitrogen and oxygen atoms in total. The summed E-state index contributed by atoms with van der Waals surface area (Å²) in [6, 6.07) is 6.49. The Kier molecular flexibility index (Phi) is 4.89. The monoisotopic (exact) mass is 409 g/mol. The van der Waals surface area contributed by atoms with E-state index in [0.29, 0.717) is 5.92 Å². The number of carbonyl (C=O) groups excluding carboxylic acids is 1. The number of benzene rings is 1. The van der Waals surface area contributed by atoms with Gasteiger partial charge in [0.2, 0.25) is 5.91 Å². The van der Waals surface area contributed by atoms with Crippen LogP contribution in [0.25, 0.3) is 11.3 Å². The molecule has 152 valence electrons. The van der Waals surface area contributed by atoms with Gasteiger partial charge in [-0.15, -0.1) is 11.3 Å². The van der Waals surface area contributed by atoms with Crippen LogP contribution in [0.15, 0.2) is 35.4 Å². The second-order valence-corrected chi connectivity index (χ2v) is 9.16. The number of allylic oxidation sites excluding steroid dienone is 1. The summed E-state index contributed by atoms with van der Waals surface area (Å²) in [4.78, 5) is 17.5. The quantitative estimate of drug-likeness (QED) is 0.727. The van der Waals surface area contributed by atoms with Crippen molar-refractivity contribution in [1.82, 2.24) is 26.1 Å². The Morgan fingerprint density at radius 1 is 1.21 bits per heavy atom. The fraction of sp³-hybridized carbons (Fsp3) is 0.455. The van der Waals surface area contributed by atoms with Crippen LogP contribution in [0.1, 0.15) is 34.9 Å². The van der Waals surface area contributed by atoms with Crippen LogP contribution < -0.4 is 16.1 Å². The van der Waals surface area contributed by atoms with E-state index in [0.717, 1.165) is 48.9 Å². The maximum Gasteiger partial charge on any atom is 0.247 e. The molecule has 29 heavy (non-hydrogen) atoms. The number of hydrogen-bond acceptors (Lipinski definition) is 6. The molecule has 2 atom stereocenters. The minimum Gasteiger partial charge on any atom is -0.330 e. The minimum atomic E-state index is -0.0741. The summed E-state index contributed by atoms with van der Waals surface area (Å²) in [6.45, 7) is 7.05. The summed E-state index contributed by atoms with van der Waals surface area (Å²) in [5, 5.41) is 12.0. The number of rotatable bonds is 3. The molecule has 0 saturated carbocycles. The molecule has 1 aromatic heterocycles. The maximum absolute atomic E-state index is 12.5. The van der Waals surface area contributed by atoms with E-state index in [1.165, 1.54) is 16.7 Å². The zero-order chi connectivity index (χ0) is 20.0. The van der Waals surface area contributed by atoms with Crippen LogP contribution in [0.3, 0.4) is 0 Å². The van der Waals surface area contributed by atoms with E-state index < -0.39 is 0 Å². The van der Waals surface area contributed by atoms with Gasteiger partial charge in [0.25, 0.3) is 0 Å². The van der Waals surface area contributed by atoms with Crippen molar-refractivity contribution < 1.29 is 4.79 Å². The first-order valence-electron chi connectivity index (χ1n) is 10.4. The summed E-state index contributed by atoms with van der Waals surface area (Å²) in [6.07, 6.45) is 3.85. The van der Waals surface area contributed by atoms with Gasteiger partial charge in [-0.05, 0) is 51.4 Å². The van der Waals surface area contributed by atoms with Gasteiger partial charge < -0.3 is 10.6 Å². The largest absolute Gasteiger partial charge is 0.330 e. The third kappa shape index (κ3) is 3.47. The summed E-state index contributed by atoms with van der Waals surface area (Å²) >= 11 is 1.69. The highest BCUT2D eigenvalue weighted by molar-refractivity contribution is 7.10. The molecule has 7 heteroatoms. The van der Waals surface area contributed by atoms with E-state index in [4.69, 9.17) is 4.98 Å². The van der Waals surface area contributed by atoms with Crippen molar-refractivity contribution in [2.45, 2.75) is 38.8 Å². The van der Waals surface area contributed by atoms with Gasteiger partial charge in [0.1, 0.15) is 11.2 Å². The highest BCUT2D eigenvalue weighted by atomic mass is 32.1. The van der Waals surface area contributed by atoms with Gasteiger partial charge in [-0.25, -0.2) is 10.4 Å². The van der Waals surface area contributed by atoms with Gasteiger partial charge in [0.15, 0.2) is 0 Å². The Morgan fingerprint density at radius 2 is 2.03 bits per heavy atom. The molecule has 2 saturated heterocycles. The van der Waals surface area contributed by atoms with E-state index in [1.807, 2.05) is 0 Å². The lowest BCUT2D eigenvalue weighted by molar-refractivity contribution is -0.119. The Labute approximate surface area is 175 Å². The Hall–Kier alpha value is -2.22. The Balaban J connectivity index is 1.41. The molecule has 2 unspecified atom stereocenters. The number of aryl methyl sites for hydroxylation is 2. The number of carbonyl (C=O) groups is 1. The molecule has 1 aromatic carbocycles. The summed E-state index contributed by atoms with van der Waals surface area (Å²) in [5.74, 6) is 0.589. The van der Waals surface area contributed by atoms with Crippen LogP contribution in [0.2, 0.25) is 0 Å². The molecule has 0 radical (unpaired) electrons. The maximum atomic E-state index is 12.5. The summed E-state index contributed by atoms with van der Waals surface area (Å²) in [5.41, 5.74) is 9.37. The molecule has 2 fully saturated rings. The molecule has 0 aliphatic carbocycles. The predicted octanol–water partition coefficient (Wildman–Crippen LogP) is 2.67. The molecule has 2 aromatic rings. The number of fused-ring (bicyclic) bond motifs is 1. The average molecular weight is 410 g/mol. The normalized spacial score (nSPS) is 25.0. The molecule has 0 spiro atoms. The van der Waals surface area contributed by atoms with Crippen LogP contribution in [-0.2, 0) is 4.79 Å². The molecule has 3 aliphatic heterocycles. The smallest absolute Gasteiger partial charge is 0.247 e. The molecule has 1 amide bonds. The molecular weight excluding hydrogens is 382 g/mol. The lowest BCUT2D eigenvalue weighted by Crippen LogP contribution is -2.53. The topological polar surface area (TPSA) is 69.3 Å². The molecule has 3 N–H and O–H groups in total. The van der Waals surface area contributed by atoms with Gasteiger partial charge >= 0.3 is 0 Å². The zero-order valence-electron chi connectivity index (χ0n) is 16.9. The van der Waals surface area contributed by atoms with Crippen molar-refractivity contribution in [2.75, 3.05) is 19.6 Å². The fourth-order valence-corrected chi connectivity index (χ4v) is 5.59. The van der Waals surface area contributed by atoms with Crippen LogP contribution in [-0.4, -0.2) is 41.7 Å². The van der Waals surface area contributed by atoms with Crippen molar-refractivity contribution in [2.24, 2.45) is 5.92 Å². The number of piperidine rings is 1. The molecule has 0 bridgehead atoms. The van der Waals surface area contributed by atoms with Gasteiger partial charge in [-0.1, -0.05) is 17.7 Å². The minimum absolute atomic E-state index is 0.0137.